The van der Waals surface area contributed by atoms with Gasteiger partial charge in [0.1, 0.15) is 23.2 Å². The molecule has 1 heterocycles. The molecule has 5 heteroatoms. The van der Waals surface area contributed by atoms with Crippen LogP contribution in [0.4, 0.5) is 0 Å². The summed E-state index contributed by atoms with van der Waals surface area (Å²) in [6, 6.07) is 4.11. The molecular formula is C29H41NO4. The Morgan fingerprint density at radius 3 is 2.41 bits per heavy atom. The summed E-state index contributed by atoms with van der Waals surface area (Å²) in [6.45, 7) is 17.9. The molecule has 1 aliphatic rings. The number of benzene rings is 1. The van der Waals surface area contributed by atoms with Crippen molar-refractivity contribution in [2.24, 2.45) is 5.92 Å². The second-order valence-corrected chi connectivity index (χ2v) is 9.28. The van der Waals surface area contributed by atoms with Gasteiger partial charge in [-0.1, -0.05) is 50.3 Å². The van der Waals surface area contributed by atoms with E-state index >= 15 is 0 Å². The number of allylic oxidation sites excluding steroid dienone is 3. The minimum absolute atomic E-state index is 0.0347. The number of ketones is 2. The molecule has 0 radical (unpaired) electrons. The number of hydrogen-bond acceptors (Lipinski definition) is 5. The van der Waals surface area contributed by atoms with Gasteiger partial charge in [-0.2, -0.15) is 0 Å². The monoisotopic (exact) mass is 467 g/mol. The van der Waals surface area contributed by atoms with Crippen molar-refractivity contribution in [3.63, 3.8) is 0 Å². The molecular weight excluding hydrogens is 426 g/mol. The SMILES string of the molecule is C=CC=C(C=C)OC1OC1NCCC(CC)CCCC(=O)C(C(C)=O)c1c(C)cc(C)cc1C. The summed E-state index contributed by atoms with van der Waals surface area (Å²) >= 11 is 0. The fourth-order valence-electron chi connectivity index (χ4n) is 4.67. The van der Waals surface area contributed by atoms with Crippen LogP contribution in [0.1, 0.15) is 74.1 Å². The van der Waals surface area contributed by atoms with Crippen LogP contribution in [-0.4, -0.2) is 30.6 Å². The summed E-state index contributed by atoms with van der Waals surface area (Å²) in [7, 11) is 0. The molecule has 1 fully saturated rings. The van der Waals surface area contributed by atoms with Crippen molar-refractivity contribution < 1.29 is 19.1 Å². The molecule has 1 aromatic rings. The Balaban J connectivity index is 1.79. The van der Waals surface area contributed by atoms with Crippen molar-refractivity contribution in [3.05, 3.63) is 71.5 Å². The summed E-state index contributed by atoms with van der Waals surface area (Å²) in [5.74, 6) is 0.469. The Morgan fingerprint density at radius 1 is 1.18 bits per heavy atom. The number of nitrogens with one attached hydrogen (secondary N) is 1. The highest BCUT2D eigenvalue weighted by Crippen LogP contribution is 2.29. The Hall–Kier alpha value is -2.50. The zero-order valence-corrected chi connectivity index (χ0v) is 21.5. The average Bonchev–Trinajstić information content (AvgIpc) is 3.51. The van der Waals surface area contributed by atoms with Gasteiger partial charge in [0.05, 0.1) is 0 Å². The summed E-state index contributed by atoms with van der Waals surface area (Å²) in [4.78, 5) is 25.5. The molecule has 0 amide bonds. The largest absolute Gasteiger partial charge is 0.461 e. The molecule has 1 saturated heterocycles. The van der Waals surface area contributed by atoms with Crippen molar-refractivity contribution in [1.29, 1.82) is 0 Å². The second-order valence-electron chi connectivity index (χ2n) is 9.28. The first kappa shape index (κ1) is 27.7. The lowest BCUT2D eigenvalue weighted by molar-refractivity contribution is -0.128. The normalized spacial score (nSPS) is 19.3. The predicted octanol–water partition coefficient (Wildman–Crippen LogP) is 5.98. The van der Waals surface area contributed by atoms with Gasteiger partial charge >= 0.3 is 0 Å². The Bertz CT molecular complexity index is 894. The van der Waals surface area contributed by atoms with E-state index in [-0.39, 0.29) is 24.1 Å². The lowest BCUT2D eigenvalue weighted by Gasteiger charge is -2.20. The fourth-order valence-corrected chi connectivity index (χ4v) is 4.67. The molecule has 0 saturated carbocycles. The Morgan fingerprint density at radius 2 is 1.85 bits per heavy atom. The molecule has 0 aromatic heterocycles. The van der Waals surface area contributed by atoms with Gasteiger partial charge in [0.25, 0.3) is 0 Å². The fraction of sp³-hybridized carbons (Fsp3) is 0.517. The third-order valence-electron chi connectivity index (χ3n) is 6.45. The maximum atomic E-state index is 13.1. The highest BCUT2D eigenvalue weighted by Gasteiger charge is 2.41. The molecule has 4 unspecified atom stereocenters. The van der Waals surface area contributed by atoms with Crippen molar-refractivity contribution in [2.75, 3.05) is 6.54 Å². The van der Waals surface area contributed by atoms with Crippen molar-refractivity contribution in [2.45, 2.75) is 85.2 Å². The Kier molecular flexibility index (Phi) is 10.9. The van der Waals surface area contributed by atoms with E-state index in [1.165, 1.54) is 6.92 Å². The molecule has 1 N–H and O–H groups in total. The van der Waals surface area contributed by atoms with E-state index in [0.29, 0.717) is 18.1 Å². The molecule has 4 atom stereocenters. The van der Waals surface area contributed by atoms with E-state index in [1.54, 1.807) is 18.2 Å². The third-order valence-corrected chi connectivity index (χ3v) is 6.45. The number of epoxide rings is 1. The van der Waals surface area contributed by atoms with Crippen LogP contribution in [0, 0.1) is 26.7 Å². The molecule has 0 aliphatic carbocycles. The summed E-state index contributed by atoms with van der Waals surface area (Å²) in [5, 5.41) is 3.37. The first-order valence-corrected chi connectivity index (χ1v) is 12.3. The van der Waals surface area contributed by atoms with E-state index < -0.39 is 5.92 Å². The number of rotatable bonds is 16. The van der Waals surface area contributed by atoms with Crippen LogP contribution in [0.3, 0.4) is 0 Å². The molecule has 0 spiro atoms. The highest BCUT2D eigenvalue weighted by atomic mass is 16.8. The maximum Gasteiger partial charge on any atom is 0.241 e. The molecule has 2 rings (SSSR count). The van der Waals surface area contributed by atoms with E-state index in [2.05, 4.69) is 37.5 Å². The van der Waals surface area contributed by atoms with Gasteiger partial charge in [0.2, 0.25) is 6.29 Å². The zero-order chi connectivity index (χ0) is 25.3. The van der Waals surface area contributed by atoms with Crippen LogP contribution in [0.2, 0.25) is 0 Å². The van der Waals surface area contributed by atoms with Gasteiger partial charge in [-0.15, -0.1) is 0 Å². The number of aryl methyl sites for hydroxylation is 3. The van der Waals surface area contributed by atoms with Crippen LogP contribution < -0.4 is 5.32 Å². The lowest BCUT2D eigenvalue weighted by Crippen LogP contribution is -2.24. The van der Waals surface area contributed by atoms with Crippen molar-refractivity contribution in [3.8, 4) is 0 Å². The smallest absolute Gasteiger partial charge is 0.241 e. The molecule has 34 heavy (non-hydrogen) atoms. The van der Waals surface area contributed by atoms with Crippen LogP contribution in [0.25, 0.3) is 0 Å². The second kappa shape index (κ2) is 13.4. The first-order valence-electron chi connectivity index (χ1n) is 12.3. The van der Waals surface area contributed by atoms with Gasteiger partial charge in [0.15, 0.2) is 6.23 Å². The van der Waals surface area contributed by atoms with Crippen molar-refractivity contribution in [1.82, 2.24) is 5.32 Å². The molecule has 186 valence electrons. The molecule has 0 bridgehead atoms. The average molecular weight is 468 g/mol. The lowest BCUT2D eigenvalue weighted by atomic mass is 9.82. The topological polar surface area (TPSA) is 67.9 Å². The summed E-state index contributed by atoms with van der Waals surface area (Å²) < 4.78 is 11.2. The van der Waals surface area contributed by atoms with E-state index in [9.17, 15) is 9.59 Å². The Labute approximate surface area is 205 Å². The van der Waals surface area contributed by atoms with E-state index in [0.717, 1.165) is 54.5 Å². The molecule has 5 nitrogen and oxygen atoms in total. The third kappa shape index (κ3) is 8.07. The zero-order valence-electron chi connectivity index (χ0n) is 21.5. The summed E-state index contributed by atoms with van der Waals surface area (Å²) in [6.07, 6.45) is 8.88. The standard InChI is InChI=1S/C29H41NO4/c1-8-12-24(10-3)33-29-28(34-29)30-16-15-23(9-2)13-11-14-25(32)27(22(7)31)26-20(5)17-19(4)18-21(26)6/h8,10,12,17-18,23,27-30H,1,3,9,11,13-16H2,2,4-7H3. The molecule has 1 aromatic carbocycles. The number of carbonyl (C=O) groups is 2. The van der Waals surface area contributed by atoms with Crippen LogP contribution in [-0.2, 0) is 19.1 Å². The maximum absolute atomic E-state index is 13.1. The van der Waals surface area contributed by atoms with Gasteiger partial charge < -0.3 is 9.47 Å². The number of hydrogen-bond donors (Lipinski definition) is 1. The van der Waals surface area contributed by atoms with Gasteiger partial charge in [-0.05, 0) is 88.3 Å². The van der Waals surface area contributed by atoms with Crippen molar-refractivity contribution >= 4 is 11.6 Å². The van der Waals surface area contributed by atoms with Crippen LogP contribution in [0.5, 0.6) is 0 Å². The van der Waals surface area contributed by atoms with E-state index in [4.69, 9.17) is 9.47 Å². The van der Waals surface area contributed by atoms with Crippen LogP contribution >= 0.6 is 0 Å². The van der Waals surface area contributed by atoms with Gasteiger partial charge in [-0.25, -0.2) is 0 Å². The minimum Gasteiger partial charge on any atom is -0.461 e. The number of Topliss-reactive ketones (excluding diaryl/α,β-unsaturated/α-hetero) is 2. The predicted molar refractivity (Wildman–Crippen MR) is 138 cm³/mol. The van der Waals surface area contributed by atoms with E-state index in [1.807, 2.05) is 20.8 Å². The van der Waals surface area contributed by atoms with Gasteiger partial charge in [-0.3, -0.25) is 14.9 Å². The first-order chi connectivity index (χ1) is 16.2. The summed E-state index contributed by atoms with van der Waals surface area (Å²) in [5.41, 5.74) is 4.08. The number of ether oxygens (including phenoxy) is 2. The van der Waals surface area contributed by atoms with Crippen LogP contribution in [0.15, 0.2) is 49.3 Å². The molecule has 1 aliphatic heterocycles. The minimum atomic E-state index is -0.651. The quantitative estimate of drug-likeness (QED) is 0.140. The van der Waals surface area contributed by atoms with Gasteiger partial charge in [0, 0.05) is 6.42 Å². The highest BCUT2D eigenvalue weighted by molar-refractivity contribution is 6.07. The number of carbonyl (C=O) groups excluding carboxylic acids is 2.